The van der Waals surface area contributed by atoms with Crippen LogP contribution in [0.25, 0.3) is 0 Å². The van der Waals surface area contributed by atoms with Crippen molar-refractivity contribution >= 4 is 24.1 Å². The van der Waals surface area contributed by atoms with E-state index in [0.29, 0.717) is 5.56 Å². The highest BCUT2D eigenvalue weighted by molar-refractivity contribution is 5.76. The first-order valence-corrected chi connectivity index (χ1v) is 8.85. The fourth-order valence-corrected chi connectivity index (χ4v) is 2.71. The molecule has 0 aliphatic heterocycles. The van der Waals surface area contributed by atoms with Crippen molar-refractivity contribution in [3.8, 4) is 11.5 Å². The molecule has 1 aromatic rings. The molecule has 0 bridgehead atoms. The van der Waals surface area contributed by atoms with Gasteiger partial charge in [-0.3, -0.25) is 14.4 Å². The van der Waals surface area contributed by atoms with Gasteiger partial charge in [-0.1, -0.05) is 13.0 Å². The van der Waals surface area contributed by atoms with Gasteiger partial charge in [0.2, 0.25) is 0 Å². The summed E-state index contributed by atoms with van der Waals surface area (Å²) in [5.41, 5.74) is 6.26. The third-order valence-electron chi connectivity index (χ3n) is 3.87. The number of rotatable bonds is 9. The van der Waals surface area contributed by atoms with Gasteiger partial charge >= 0.3 is 24.1 Å². The van der Waals surface area contributed by atoms with E-state index in [4.69, 9.17) is 19.9 Å². The van der Waals surface area contributed by atoms with Crippen molar-refractivity contribution in [3.63, 3.8) is 0 Å². The zero-order valence-corrected chi connectivity index (χ0v) is 16.7. The highest BCUT2D eigenvalue weighted by Gasteiger charge is 2.32. The highest BCUT2D eigenvalue weighted by atomic mass is 16.7. The van der Waals surface area contributed by atoms with Gasteiger partial charge in [0.25, 0.3) is 0 Å². The maximum absolute atomic E-state index is 11.5. The van der Waals surface area contributed by atoms with E-state index < -0.39 is 41.9 Å². The fourth-order valence-electron chi connectivity index (χ4n) is 2.71. The van der Waals surface area contributed by atoms with Crippen molar-refractivity contribution in [1.29, 1.82) is 0 Å². The summed E-state index contributed by atoms with van der Waals surface area (Å²) < 4.78 is 19.8. The van der Waals surface area contributed by atoms with Crippen LogP contribution < -0.4 is 15.2 Å². The molecule has 0 spiro atoms. The van der Waals surface area contributed by atoms with Crippen LogP contribution >= 0.6 is 0 Å². The van der Waals surface area contributed by atoms with E-state index in [-0.39, 0.29) is 24.7 Å². The van der Waals surface area contributed by atoms with Gasteiger partial charge in [-0.2, -0.15) is 0 Å². The SMILES string of the molecule is CCOC(=O)OCC(C)C(c1ccc(OC(C)=O)c(OC(C)=O)c1)[C@H](N)C(=O)O. The number of carboxylic acids is 1. The van der Waals surface area contributed by atoms with Gasteiger partial charge in [0.05, 0.1) is 13.2 Å². The Balaban J connectivity index is 3.26. The number of hydrogen-bond acceptors (Lipinski definition) is 9. The number of ether oxygens (including phenoxy) is 4. The van der Waals surface area contributed by atoms with E-state index in [1.165, 1.54) is 32.0 Å². The Morgan fingerprint density at radius 3 is 2.14 bits per heavy atom. The van der Waals surface area contributed by atoms with Gasteiger partial charge in [-0.25, -0.2) is 4.79 Å². The van der Waals surface area contributed by atoms with Gasteiger partial charge in [-0.15, -0.1) is 0 Å². The summed E-state index contributed by atoms with van der Waals surface area (Å²) >= 11 is 0. The number of hydrogen-bond donors (Lipinski definition) is 2. The lowest BCUT2D eigenvalue weighted by atomic mass is 9.82. The number of esters is 2. The van der Waals surface area contributed by atoms with Gasteiger partial charge in [0, 0.05) is 19.8 Å². The van der Waals surface area contributed by atoms with Crippen LogP contribution in [0.5, 0.6) is 11.5 Å². The zero-order chi connectivity index (χ0) is 22.1. The zero-order valence-electron chi connectivity index (χ0n) is 16.7. The number of aliphatic carboxylic acids is 1. The predicted octanol–water partition coefficient (Wildman–Crippen LogP) is 1.84. The number of carbonyl (C=O) groups excluding carboxylic acids is 3. The molecule has 0 radical (unpaired) electrons. The van der Waals surface area contributed by atoms with Crippen molar-refractivity contribution < 1.29 is 43.2 Å². The van der Waals surface area contributed by atoms with Crippen molar-refractivity contribution in [2.75, 3.05) is 13.2 Å². The van der Waals surface area contributed by atoms with E-state index in [1.54, 1.807) is 13.8 Å². The average molecular weight is 411 g/mol. The van der Waals surface area contributed by atoms with Crippen molar-refractivity contribution in [2.45, 2.75) is 39.7 Å². The minimum absolute atomic E-state index is 0.00507. The summed E-state index contributed by atoms with van der Waals surface area (Å²) in [6, 6.07) is 2.89. The molecule has 3 N–H and O–H groups in total. The van der Waals surface area contributed by atoms with Crippen molar-refractivity contribution in [2.24, 2.45) is 11.7 Å². The number of carbonyl (C=O) groups is 4. The molecule has 2 unspecified atom stereocenters. The van der Waals surface area contributed by atoms with E-state index >= 15 is 0 Å². The van der Waals surface area contributed by atoms with Crippen LogP contribution in [0.15, 0.2) is 18.2 Å². The molecule has 3 atom stereocenters. The second-order valence-electron chi connectivity index (χ2n) is 6.25. The minimum atomic E-state index is -1.35. The Morgan fingerprint density at radius 2 is 1.62 bits per heavy atom. The highest BCUT2D eigenvalue weighted by Crippen LogP contribution is 2.35. The monoisotopic (exact) mass is 411 g/mol. The molecule has 0 saturated carbocycles. The van der Waals surface area contributed by atoms with E-state index in [1.807, 2.05) is 0 Å². The van der Waals surface area contributed by atoms with Gasteiger partial charge in [0.1, 0.15) is 6.04 Å². The van der Waals surface area contributed by atoms with Gasteiger partial charge in [0.15, 0.2) is 11.5 Å². The fraction of sp³-hybridized carbons (Fsp3) is 0.474. The van der Waals surface area contributed by atoms with Crippen molar-refractivity contribution in [3.05, 3.63) is 23.8 Å². The normalized spacial score (nSPS) is 13.6. The molecule has 1 aromatic carbocycles. The first-order chi connectivity index (χ1) is 13.6. The van der Waals surface area contributed by atoms with Crippen LogP contribution in [-0.2, 0) is 23.9 Å². The third kappa shape index (κ3) is 7.41. The summed E-state index contributed by atoms with van der Waals surface area (Å²) in [6.45, 7) is 5.60. The Bertz CT molecular complexity index is 762. The molecular weight excluding hydrogens is 386 g/mol. The lowest BCUT2D eigenvalue weighted by Gasteiger charge is -2.27. The first kappa shape index (κ1) is 23.9. The molecule has 10 heteroatoms. The smallest absolute Gasteiger partial charge is 0.480 e. The van der Waals surface area contributed by atoms with Crippen LogP contribution in [0.1, 0.15) is 39.2 Å². The molecule has 29 heavy (non-hydrogen) atoms. The first-order valence-electron chi connectivity index (χ1n) is 8.85. The number of benzene rings is 1. The summed E-state index contributed by atoms with van der Waals surface area (Å²) in [7, 11) is 0. The van der Waals surface area contributed by atoms with Crippen LogP contribution in [0, 0.1) is 5.92 Å². The van der Waals surface area contributed by atoms with E-state index in [9.17, 15) is 24.3 Å². The molecule has 0 aliphatic carbocycles. The second kappa shape index (κ2) is 11.0. The maximum Gasteiger partial charge on any atom is 0.508 e. The Kier molecular flexibility index (Phi) is 9.07. The lowest BCUT2D eigenvalue weighted by Crippen LogP contribution is -2.40. The van der Waals surface area contributed by atoms with Gasteiger partial charge in [-0.05, 0) is 30.5 Å². The Hall–Kier alpha value is -3.14. The standard InChI is InChI=1S/C19H25NO9/c1-5-26-19(25)27-9-10(2)16(17(20)18(23)24)13-6-7-14(28-11(3)21)15(8-13)29-12(4)22/h6-8,10,16-17H,5,9,20H2,1-4H3,(H,23,24)/t10?,16?,17-/m0/s1. The Labute approximate surface area is 167 Å². The molecule has 0 heterocycles. The van der Waals surface area contributed by atoms with Crippen LogP contribution in [0.3, 0.4) is 0 Å². The number of nitrogens with two attached hydrogens (primary N) is 1. The molecule has 0 amide bonds. The van der Waals surface area contributed by atoms with Crippen LogP contribution in [0.4, 0.5) is 4.79 Å². The average Bonchev–Trinajstić information content (AvgIpc) is 2.61. The minimum Gasteiger partial charge on any atom is -0.480 e. The molecule has 0 aliphatic rings. The molecule has 10 nitrogen and oxygen atoms in total. The van der Waals surface area contributed by atoms with E-state index in [2.05, 4.69) is 4.74 Å². The lowest BCUT2D eigenvalue weighted by molar-refractivity contribution is -0.139. The molecule has 160 valence electrons. The topological polar surface area (TPSA) is 151 Å². The summed E-state index contributed by atoms with van der Waals surface area (Å²) in [4.78, 5) is 45.6. The Morgan fingerprint density at radius 1 is 1.03 bits per heavy atom. The molecular formula is C19H25NO9. The van der Waals surface area contributed by atoms with Gasteiger partial charge < -0.3 is 29.8 Å². The maximum atomic E-state index is 11.5. The van der Waals surface area contributed by atoms with Crippen LogP contribution in [0.2, 0.25) is 0 Å². The van der Waals surface area contributed by atoms with E-state index in [0.717, 1.165) is 0 Å². The summed E-state index contributed by atoms with van der Waals surface area (Å²) in [5, 5.41) is 9.40. The van der Waals surface area contributed by atoms with Crippen molar-refractivity contribution in [1.82, 2.24) is 0 Å². The quantitative estimate of drug-likeness (QED) is 0.455. The summed E-state index contributed by atoms with van der Waals surface area (Å²) in [6.07, 6.45) is -0.882. The second-order valence-corrected chi connectivity index (χ2v) is 6.25. The largest absolute Gasteiger partial charge is 0.508 e. The predicted molar refractivity (Wildman–Crippen MR) is 99.6 cm³/mol. The molecule has 0 aromatic heterocycles. The molecule has 0 saturated heterocycles. The third-order valence-corrected chi connectivity index (χ3v) is 3.87. The molecule has 1 rings (SSSR count). The van der Waals surface area contributed by atoms with Crippen LogP contribution in [-0.4, -0.2) is 48.4 Å². The molecule has 0 fully saturated rings. The number of carboxylic acid groups (broad SMARTS) is 1. The summed E-state index contributed by atoms with van der Waals surface area (Å²) in [5.74, 6) is -3.97.